The summed E-state index contributed by atoms with van der Waals surface area (Å²) in [4.78, 5) is 11.8. The molecule has 0 aliphatic heterocycles. The zero-order chi connectivity index (χ0) is 13.1. The Morgan fingerprint density at radius 1 is 1.50 bits per heavy atom. The highest BCUT2D eigenvalue weighted by Gasteiger charge is 2.11. The van der Waals surface area contributed by atoms with Crippen molar-refractivity contribution in [3.8, 4) is 6.07 Å². The molecule has 0 atom stereocenters. The van der Waals surface area contributed by atoms with Crippen molar-refractivity contribution in [1.82, 2.24) is 9.78 Å². The van der Waals surface area contributed by atoms with Crippen LogP contribution in [0.2, 0.25) is 5.02 Å². The lowest BCUT2D eigenvalue weighted by Crippen LogP contribution is -2.13. The number of aryl methyl sites for hydroxylation is 1. The van der Waals surface area contributed by atoms with E-state index in [2.05, 4.69) is 10.4 Å². The van der Waals surface area contributed by atoms with Gasteiger partial charge in [-0.3, -0.25) is 9.48 Å². The summed E-state index contributed by atoms with van der Waals surface area (Å²) in [5, 5.41) is 15.6. The molecule has 0 radical (unpaired) electrons. The van der Waals surface area contributed by atoms with Crippen molar-refractivity contribution < 1.29 is 4.79 Å². The van der Waals surface area contributed by atoms with E-state index in [1.54, 1.807) is 31.4 Å². The van der Waals surface area contributed by atoms with E-state index in [-0.39, 0.29) is 5.91 Å². The van der Waals surface area contributed by atoms with Crippen molar-refractivity contribution in [3.63, 3.8) is 0 Å². The fourth-order valence-corrected chi connectivity index (χ4v) is 1.64. The number of rotatable bonds is 2. The van der Waals surface area contributed by atoms with Gasteiger partial charge in [-0.25, -0.2) is 0 Å². The molecule has 1 amide bonds. The van der Waals surface area contributed by atoms with Crippen LogP contribution in [0.5, 0.6) is 0 Å². The Hall–Kier alpha value is -2.32. The van der Waals surface area contributed by atoms with Crippen LogP contribution in [0, 0.1) is 11.3 Å². The van der Waals surface area contributed by atoms with Crippen LogP contribution < -0.4 is 5.32 Å². The highest BCUT2D eigenvalue weighted by atomic mass is 35.5. The average Bonchev–Trinajstić information content (AvgIpc) is 2.78. The molecule has 18 heavy (non-hydrogen) atoms. The molecule has 0 fully saturated rings. The predicted octanol–water partition coefficient (Wildman–Crippen LogP) is 2.20. The number of nitriles is 1. The van der Waals surface area contributed by atoms with E-state index in [4.69, 9.17) is 16.9 Å². The number of amides is 1. The molecule has 0 aliphatic carbocycles. The number of benzene rings is 1. The lowest BCUT2D eigenvalue weighted by atomic mass is 10.2. The first-order chi connectivity index (χ1) is 8.60. The minimum atomic E-state index is -0.345. The third-order valence-corrected chi connectivity index (χ3v) is 2.61. The zero-order valence-electron chi connectivity index (χ0n) is 9.51. The monoisotopic (exact) mass is 260 g/mol. The Bertz CT molecular complexity index is 642. The molecule has 1 N–H and O–H groups in total. The molecule has 1 aromatic heterocycles. The highest BCUT2D eigenvalue weighted by molar-refractivity contribution is 6.34. The molecule has 2 aromatic rings. The van der Waals surface area contributed by atoms with Gasteiger partial charge in [-0.2, -0.15) is 10.4 Å². The van der Waals surface area contributed by atoms with Crippen molar-refractivity contribution in [2.75, 3.05) is 5.32 Å². The molecule has 1 heterocycles. The quantitative estimate of drug-likeness (QED) is 0.900. The Kier molecular flexibility index (Phi) is 3.31. The molecular weight excluding hydrogens is 252 g/mol. The number of hydrogen-bond donors (Lipinski definition) is 1. The first kappa shape index (κ1) is 12.1. The molecule has 0 saturated heterocycles. The van der Waals surface area contributed by atoms with Crippen LogP contribution in [0.1, 0.15) is 16.1 Å². The van der Waals surface area contributed by atoms with Crippen molar-refractivity contribution in [2.45, 2.75) is 0 Å². The number of anilines is 1. The maximum Gasteiger partial charge on any atom is 0.276 e. The van der Waals surface area contributed by atoms with Gasteiger partial charge in [0.1, 0.15) is 0 Å². The van der Waals surface area contributed by atoms with Crippen LogP contribution in [0.3, 0.4) is 0 Å². The summed E-state index contributed by atoms with van der Waals surface area (Å²) >= 11 is 5.95. The van der Waals surface area contributed by atoms with Gasteiger partial charge in [0.2, 0.25) is 0 Å². The minimum Gasteiger partial charge on any atom is -0.319 e. The highest BCUT2D eigenvalue weighted by Crippen LogP contribution is 2.23. The molecule has 0 unspecified atom stereocenters. The van der Waals surface area contributed by atoms with Gasteiger partial charge in [0.05, 0.1) is 22.3 Å². The Morgan fingerprint density at radius 3 is 2.83 bits per heavy atom. The van der Waals surface area contributed by atoms with Gasteiger partial charge < -0.3 is 5.32 Å². The fraction of sp³-hybridized carbons (Fsp3) is 0.0833. The van der Waals surface area contributed by atoms with Gasteiger partial charge in [-0.05, 0) is 24.3 Å². The maximum atomic E-state index is 11.8. The van der Waals surface area contributed by atoms with E-state index in [0.717, 1.165) is 0 Å². The predicted molar refractivity (Wildman–Crippen MR) is 67.3 cm³/mol. The molecule has 1 aromatic carbocycles. The van der Waals surface area contributed by atoms with Gasteiger partial charge >= 0.3 is 0 Å². The van der Waals surface area contributed by atoms with Crippen LogP contribution in [-0.4, -0.2) is 15.7 Å². The third kappa shape index (κ3) is 2.50. The smallest absolute Gasteiger partial charge is 0.276 e. The van der Waals surface area contributed by atoms with Crippen LogP contribution in [0.4, 0.5) is 5.69 Å². The summed E-state index contributed by atoms with van der Waals surface area (Å²) in [6, 6.07) is 8.24. The first-order valence-corrected chi connectivity index (χ1v) is 5.48. The summed E-state index contributed by atoms with van der Waals surface area (Å²) in [5.74, 6) is -0.345. The van der Waals surface area contributed by atoms with E-state index in [1.165, 1.54) is 10.7 Å². The van der Waals surface area contributed by atoms with Crippen molar-refractivity contribution >= 4 is 23.2 Å². The van der Waals surface area contributed by atoms with E-state index in [1.807, 2.05) is 6.07 Å². The molecule has 2 rings (SSSR count). The first-order valence-electron chi connectivity index (χ1n) is 5.11. The van der Waals surface area contributed by atoms with E-state index in [0.29, 0.717) is 22.0 Å². The van der Waals surface area contributed by atoms with Crippen LogP contribution in [0.15, 0.2) is 30.5 Å². The largest absolute Gasteiger partial charge is 0.319 e. The van der Waals surface area contributed by atoms with Crippen molar-refractivity contribution in [1.29, 1.82) is 5.26 Å². The van der Waals surface area contributed by atoms with E-state index < -0.39 is 0 Å². The second-order valence-corrected chi connectivity index (χ2v) is 4.04. The topological polar surface area (TPSA) is 70.7 Å². The Morgan fingerprint density at radius 2 is 2.28 bits per heavy atom. The third-order valence-electron chi connectivity index (χ3n) is 2.29. The number of halogens is 1. The lowest BCUT2D eigenvalue weighted by molar-refractivity contribution is 0.102. The molecule has 6 heteroatoms. The van der Waals surface area contributed by atoms with Crippen molar-refractivity contribution in [2.24, 2.45) is 7.05 Å². The SMILES string of the molecule is Cn1ccc(C(=O)Nc2ccc(C#N)cc2Cl)n1. The van der Waals surface area contributed by atoms with E-state index >= 15 is 0 Å². The second kappa shape index (κ2) is 4.90. The molecule has 90 valence electrons. The van der Waals surface area contributed by atoms with Crippen LogP contribution in [-0.2, 0) is 7.05 Å². The molecule has 5 nitrogen and oxygen atoms in total. The maximum absolute atomic E-state index is 11.8. The van der Waals surface area contributed by atoms with Crippen LogP contribution >= 0.6 is 11.6 Å². The molecular formula is C12H9ClN4O. The summed E-state index contributed by atoms with van der Waals surface area (Å²) in [7, 11) is 1.73. The second-order valence-electron chi connectivity index (χ2n) is 3.64. The van der Waals surface area contributed by atoms with E-state index in [9.17, 15) is 4.79 Å². The fourth-order valence-electron chi connectivity index (χ4n) is 1.41. The zero-order valence-corrected chi connectivity index (χ0v) is 10.3. The number of nitrogens with one attached hydrogen (secondary N) is 1. The minimum absolute atomic E-state index is 0.304. The van der Waals surface area contributed by atoms with Gasteiger partial charge in [-0.1, -0.05) is 11.6 Å². The Balaban J connectivity index is 2.20. The number of aromatic nitrogens is 2. The van der Waals surface area contributed by atoms with Gasteiger partial charge in [0.25, 0.3) is 5.91 Å². The van der Waals surface area contributed by atoms with Crippen molar-refractivity contribution in [3.05, 3.63) is 46.7 Å². The molecule has 0 aliphatic rings. The number of carbonyl (C=O) groups is 1. The lowest BCUT2D eigenvalue weighted by Gasteiger charge is -2.05. The number of hydrogen-bond acceptors (Lipinski definition) is 3. The molecule has 0 spiro atoms. The summed E-state index contributed by atoms with van der Waals surface area (Å²) in [5.41, 5.74) is 1.19. The average molecular weight is 261 g/mol. The number of nitrogens with zero attached hydrogens (tertiary/aromatic N) is 3. The summed E-state index contributed by atoms with van der Waals surface area (Å²) in [6.07, 6.45) is 1.68. The van der Waals surface area contributed by atoms with Crippen LogP contribution in [0.25, 0.3) is 0 Å². The van der Waals surface area contributed by atoms with Gasteiger partial charge in [0, 0.05) is 13.2 Å². The Labute approximate surface area is 109 Å². The molecule has 0 saturated carbocycles. The molecule has 0 bridgehead atoms. The summed E-state index contributed by atoms with van der Waals surface area (Å²) in [6.45, 7) is 0. The standard InChI is InChI=1S/C12H9ClN4O/c1-17-5-4-11(16-17)12(18)15-10-3-2-8(7-14)6-9(10)13/h2-6H,1H3,(H,15,18). The van der Waals surface area contributed by atoms with Gasteiger partial charge in [-0.15, -0.1) is 0 Å². The summed E-state index contributed by atoms with van der Waals surface area (Å²) < 4.78 is 1.54. The number of carbonyl (C=O) groups excluding carboxylic acids is 1. The van der Waals surface area contributed by atoms with Gasteiger partial charge in [0.15, 0.2) is 5.69 Å². The normalized spacial score (nSPS) is 9.83.